The molecule has 1 aliphatic rings. The fraction of sp³-hybridized carbons (Fsp3) is 0.556. The third-order valence-corrected chi connectivity index (χ3v) is 6.89. The topological polar surface area (TPSA) is 122 Å². The molecule has 1 N–H and O–H groups in total. The Morgan fingerprint density at radius 3 is 2.22 bits per heavy atom. The average Bonchev–Trinajstić information content (AvgIpc) is 2.76. The molecule has 0 saturated carbocycles. The lowest BCUT2D eigenvalue weighted by molar-refractivity contribution is -0.153. The highest BCUT2D eigenvalue weighted by molar-refractivity contribution is 7.89. The molecular weight excluding hydrogens is 453 g/mol. The molecule has 2 aromatic heterocycles. The number of anilines is 1. The maximum Gasteiger partial charge on any atom is 0.422 e. The van der Waals surface area contributed by atoms with Crippen molar-refractivity contribution in [2.24, 2.45) is 0 Å². The molecule has 0 radical (unpaired) electrons. The van der Waals surface area contributed by atoms with Crippen LogP contribution in [0.2, 0.25) is 0 Å². The van der Waals surface area contributed by atoms with Gasteiger partial charge in [-0.1, -0.05) is 0 Å². The normalized spacial score (nSPS) is 17.7. The molecule has 0 aliphatic carbocycles. The van der Waals surface area contributed by atoms with E-state index in [-0.39, 0.29) is 50.1 Å². The maximum absolute atomic E-state index is 13.2. The quantitative estimate of drug-likeness (QED) is 0.598. The van der Waals surface area contributed by atoms with Crippen molar-refractivity contribution in [3.8, 4) is 5.75 Å². The Kier molecular flexibility index (Phi) is 7.46. The van der Waals surface area contributed by atoms with Gasteiger partial charge in [0.1, 0.15) is 11.1 Å². The summed E-state index contributed by atoms with van der Waals surface area (Å²) in [5, 5.41) is 8.72. The second kappa shape index (κ2) is 9.92. The summed E-state index contributed by atoms with van der Waals surface area (Å²) in [5.41, 5.74) is 0. The van der Waals surface area contributed by atoms with Gasteiger partial charge in [0.05, 0.1) is 18.5 Å². The molecule has 3 heterocycles. The molecular formula is C18H23F3N6O4S. The molecule has 2 atom stereocenters. The first kappa shape index (κ1) is 24.1. The van der Waals surface area contributed by atoms with Crippen molar-refractivity contribution in [2.75, 3.05) is 37.7 Å². The van der Waals surface area contributed by atoms with E-state index < -0.39 is 34.2 Å². The summed E-state index contributed by atoms with van der Waals surface area (Å²) >= 11 is 0. The van der Waals surface area contributed by atoms with Crippen LogP contribution in [0.15, 0.2) is 30.9 Å². The lowest BCUT2D eigenvalue weighted by atomic mass is 10.2. The minimum atomic E-state index is -4.46. The van der Waals surface area contributed by atoms with E-state index in [0.29, 0.717) is 0 Å². The van der Waals surface area contributed by atoms with Crippen molar-refractivity contribution in [1.82, 2.24) is 24.2 Å². The highest BCUT2D eigenvalue weighted by Gasteiger charge is 2.38. The molecule has 1 saturated heterocycles. The minimum Gasteiger partial charge on any atom is -0.481 e. The number of nitrogens with zero attached hydrogens (tertiary/aromatic N) is 6. The van der Waals surface area contributed by atoms with E-state index in [0.717, 1.165) is 12.4 Å². The zero-order chi connectivity index (χ0) is 23.4. The second-order valence-electron chi connectivity index (χ2n) is 7.23. The maximum atomic E-state index is 13.2. The van der Waals surface area contributed by atoms with Crippen molar-refractivity contribution in [1.29, 1.82) is 0 Å². The van der Waals surface area contributed by atoms with Crippen LogP contribution < -0.4 is 9.64 Å². The molecule has 1 aliphatic heterocycles. The monoisotopic (exact) mass is 476 g/mol. The molecule has 0 spiro atoms. The molecule has 3 rings (SSSR count). The Labute approximate surface area is 183 Å². The third kappa shape index (κ3) is 6.23. The third-order valence-electron chi connectivity index (χ3n) is 4.69. The zero-order valence-corrected chi connectivity index (χ0v) is 18.0. The van der Waals surface area contributed by atoms with Gasteiger partial charge >= 0.3 is 6.18 Å². The highest BCUT2D eigenvalue weighted by Crippen LogP contribution is 2.29. The summed E-state index contributed by atoms with van der Waals surface area (Å²) in [4.78, 5) is 17.9. The first-order valence-corrected chi connectivity index (χ1v) is 11.3. The van der Waals surface area contributed by atoms with E-state index in [1.54, 1.807) is 11.0 Å². The molecule has 2 unspecified atom stereocenters. The van der Waals surface area contributed by atoms with Gasteiger partial charge < -0.3 is 14.7 Å². The lowest BCUT2D eigenvalue weighted by Crippen LogP contribution is -2.50. The molecule has 0 amide bonds. The number of ether oxygens (including phenoxy) is 1. The van der Waals surface area contributed by atoms with Crippen LogP contribution in [-0.4, -0.2) is 82.8 Å². The smallest absolute Gasteiger partial charge is 0.422 e. The fourth-order valence-corrected chi connectivity index (χ4v) is 5.12. The number of aromatic nitrogens is 4. The number of alkyl halides is 3. The molecule has 2 aromatic rings. The first-order chi connectivity index (χ1) is 15.1. The Morgan fingerprint density at radius 2 is 1.69 bits per heavy atom. The molecule has 10 nitrogen and oxygen atoms in total. The van der Waals surface area contributed by atoms with Crippen LogP contribution in [-0.2, 0) is 10.0 Å². The van der Waals surface area contributed by atoms with Gasteiger partial charge in [0.2, 0.25) is 16.0 Å². The van der Waals surface area contributed by atoms with E-state index in [4.69, 9.17) is 0 Å². The van der Waals surface area contributed by atoms with Crippen LogP contribution in [0.4, 0.5) is 19.1 Å². The van der Waals surface area contributed by atoms with Gasteiger partial charge in [0.25, 0.3) is 0 Å². The van der Waals surface area contributed by atoms with Gasteiger partial charge in [-0.15, -0.1) is 0 Å². The lowest BCUT2D eigenvalue weighted by Gasteiger charge is -2.35. The van der Waals surface area contributed by atoms with Gasteiger partial charge in [-0.3, -0.25) is 0 Å². The van der Waals surface area contributed by atoms with E-state index in [2.05, 4.69) is 24.7 Å². The van der Waals surface area contributed by atoms with Crippen LogP contribution in [0.5, 0.6) is 5.75 Å². The molecule has 1 fully saturated rings. The number of hydrogen-bond donors (Lipinski definition) is 1. The summed E-state index contributed by atoms with van der Waals surface area (Å²) in [6, 6.07) is 1.58. The Balaban J connectivity index is 1.65. The summed E-state index contributed by atoms with van der Waals surface area (Å²) in [5.74, 6) is 0.262. The van der Waals surface area contributed by atoms with Crippen molar-refractivity contribution in [3.63, 3.8) is 0 Å². The molecule has 0 bridgehead atoms. The first-order valence-electron chi connectivity index (χ1n) is 9.77. The van der Waals surface area contributed by atoms with Gasteiger partial charge in [-0.05, 0) is 19.4 Å². The number of halogens is 3. The van der Waals surface area contributed by atoms with Gasteiger partial charge in [-0.2, -0.15) is 17.5 Å². The minimum absolute atomic E-state index is 0.0466. The van der Waals surface area contributed by atoms with Gasteiger partial charge in [-0.25, -0.2) is 28.4 Å². The standard InChI is InChI=1S/C18H23F3N6O4S/c1-13(28)9-15(16-22-3-2-4-23-16)32(29,30)27-7-5-26(6-8-27)17-24-10-14(11-25-17)31-12-18(19,20)21/h2-4,10-11,13,15,28H,5-9,12H2,1H3. The van der Waals surface area contributed by atoms with E-state index >= 15 is 0 Å². The van der Waals surface area contributed by atoms with E-state index in [1.165, 1.54) is 23.6 Å². The molecule has 176 valence electrons. The predicted molar refractivity (Wildman–Crippen MR) is 107 cm³/mol. The highest BCUT2D eigenvalue weighted by atomic mass is 32.2. The van der Waals surface area contributed by atoms with Gasteiger partial charge in [0.15, 0.2) is 12.4 Å². The number of sulfonamides is 1. The summed E-state index contributed by atoms with van der Waals surface area (Å²) in [6.07, 6.45) is -0.197. The molecule has 0 aromatic carbocycles. The van der Waals surface area contributed by atoms with Gasteiger partial charge in [0, 0.05) is 38.6 Å². The number of aliphatic hydroxyl groups is 1. The summed E-state index contributed by atoms with van der Waals surface area (Å²) in [7, 11) is -3.85. The largest absolute Gasteiger partial charge is 0.481 e. The molecule has 14 heteroatoms. The van der Waals surface area contributed by atoms with E-state index in [9.17, 15) is 26.7 Å². The number of piperazine rings is 1. The number of rotatable bonds is 8. The average molecular weight is 476 g/mol. The molecule has 32 heavy (non-hydrogen) atoms. The van der Waals surface area contributed by atoms with Crippen molar-refractivity contribution < 1.29 is 31.4 Å². The van der Waals surface area contributed by atoms with Crippen LogP contribution in [0.3, 0.4) is 0 Å². The van der Waals surface area contributed by atoms with Crippen LogP contribution in [0, 0.1) is 0 Å². The Hall–Kier alpha value is -2.58. The van der Waals surface area contributed by atoms with Crippen LogP contribution in [0.25, 0.3) is 0 Å². The van der Waals surface area contributed by atoms with Crippen LogP contribution >= 0.6 is 0 Å². The Bertz CT molecular complexity index is 968. The summed E-state index contributed by atoms with van der Waals surface area (Å²) < 4.78 is 69.1. The van der Waals surface area contributed by atoms with Crippen LogP contribution in [0.1, 0.15) is 24.4 Å². The predicted octanol–water partition coefficient (Wildman–Crippen LogP) is 1.17. The Morgan fingerprint density at radius 1 is 1.09 bits per heavy atom. The van der Waals surface area contributed by atoms with Crippen molar-refractivity contribution >= 4 is 16.0 Å². The summed E-state index contributed by atoms with van der Waals surface area (Å²) in [6.45, 7) is 0.897. The second-order valence-corrected chi connectivity index (χ2v) is 9.35. The van der Waals surface area contributed by atoms with E-state index in [1.807, 2.05) is 0 Å². The fourth-order valence-electron chi connectivity index (χ4n) is 3.18. The van der Waals surface area contributed by atoms with Crippen molar-refractivity contribution in [2.45, 2.75) is 30.9 Å². The number of hydrogen-bond acceptors (Lipinski definition) is 9. The zero-order valence-electron chi connectivity index (χ0n) is 17.2. The SMILES string of the molecule is CC(O)CC(c1ncccn1)S(=O)(=O)N1CCN(c2ncc(OCC(F)(F)F)cn2)CC1. The number of aliphatic hydroxyl groups excluding tert-OH is 1. The van der Waals surface area contributed by atoms with Crippen molar-refractivity contribution in [3.05, 3.63) is 36.7 Å².